The van der Waals surface area contributed by atoms with E-state index in [-0.39, 0.29) is 0 Å². The number of aryl methyl sites for hydroxylation is 1. The number of hydrogen-bond acceptors (Lipinski definition) is 5. The van der Waals surface area contributed by atoms with E-state index >= 15 is 0 Å². The Hall–Kier alpha value is -3.55. The standard InChI is InChI=1S/C19H19N3O5/c1-21-14-7-5-4-6-13(14)18(24)22(19(21)25)11-17(23)20-12-8-9-15(26-2)16(10-12)27-3/h4-10H,11H2,1-3H3,(H,20,23). The van der Waals surface area contributed by atoms with Crippen molar-refractivity contribution in [1.82, 2.24) is 9.13 Å². The van der Waals surface area contributed by atoms with Gasteiger partial charge in [0.1, 0.15) is 6.54 Å². The lowest BCUT2D eigenvalue weighted by Gasteiger charge is -2.12. The van der Waals surface area contributed by atoms with Crippen LogP contribution in [-0.2, 0) is 18.4 Å². The number of methoxy groups -OCH3 is 2. The summed E-state index contributed by atoms with van der Waals surface area (Å²) in [5.74, 6) is 0.473. The molecule has 1 aromatic heterocycles. The fourth-order valence-corrected chi connectivity index (χ4v) is 2.86. The normalized spacial score (nSPS) is 10.6. The van der Waals surface area contributed by atoms with Gasteiger partial charge in [0.15, 0.2) is 11.5 Å². The molecule has 3 aromatic rings. The van der Waals surface area contributed by atoms with Gasteiger partial charge >= 0.3 is 5.69 Å². The number of benzene rings is 2. The molecule has 1 heterocycles. The molecule has 3 rings (SSSR count). The Morgan fingerprint density at radius 1 is 1.04 bits per heavy atom. The van der Waals surface area contributed by atoms with Crippen molar-refractivity contribution in [1.29, 1.82) is 0 Å². The van der Waals surface area contributed by atoms with Crippen LogP contribution in [0.1, 0.15) is 0 Å². The van der Waals surface area contributed by atoms with Crippen molar-refractivity contribution in [2.75, 3.05) is 19.5 Å². The van der Waals surface area contributed by atoms with Crippen LogP contribution >= 0.6 is 0 Å². The number of para-hydroxylation sites is 1. The van der Waals surface area contributed by atoms with Crippen molar-refractivity contribution >= 4 is 22.5 Å². The van der Waals surface area contributed by atoms with Crippen molar-refractivity contribution in [2.45, 2.75) is 6.54 Å². The second-order valence-electron chi connectivity index (χ2n) is 5.87. The predicted molar refractivity (Wildman–Crippen MR) is 102 cm³/mol. The van der Waals surface area contributed by atoms with Crippen LogP contribution in [0, 0.1) is 0 Å². The molecule has 1 N–H and O–H groups in total. The highest BCUT2D eigenvalue weighted by Gasteiger charge is 2.14. The van der Waals surface area contributed by atoms with Crippen LogP contribution in [0.15, 0.2) is 52.1 Å². The highest BCUT2D eigenvalue weighted by molar-refractivity contribution is 5.91. The van der Waals surface area contributed by atoms with Crippen LogP contribution < -0.4 is 26.0 Å². The zero-order valence-corrected chi connectivity index (χ0v) is 15.2. The number of nitrogens with zero attached hydrogens (tertiary/aromatic N) is 2. The van der Waals surface area contributed by atoms with Crippen LogP contribution in [0.2, 0.25) is 0 Å². The first-order valence-electron chi connectivity index (χ1n) is 8.16. The average molecular weight is 369 g/mol. The Bertz CT molecular complexity index is 1130. The SMILES string of the molecule is COc1ccc(NC(=O)Cn2c(=O)c3ccccc3n(C)c2=O)cc1OC. The van der Waals surface area contributed by atoms with Crippen molar-refractivity contribution in [3.8, 4) is 11.5 Å². The molecule has 0 fully saturated rings. The first-order chi connectivity index (χ1) is 13.0. The van der Waals surface area contributed by atoms with Gasteiger partial charge in [0.2, 0.25) is 5.91 Å². The molecular weight excluding hydrogens is 350 g/mol. The number of ether oxygens (including phenoxy) is 2. The fraction of sp³-hybridized carbons (Fsp3) is 0.211. The van der Waals surface area contributed by atoms with Gasteiger partial charge in [-0.15, -0.1) is 0 Å². The number of nitrogens with one attached hydrogen (secondary N) is 1. The van der Waals surface area contributed by atoms with Crippen molar-refractivity contribution in [3.05, 3.63) is 63.3 Å². The average Bonchev–Trinajstić information content (AvgIpc) is 2.69. The molecule has 0 spiro atoms. The lowest BCUT2D eigenvalue weighted by molar-refractivity contribution is -0.116. The molecule has 0 unspecified atom stereocenters. The summed E-state index contributed by atoms with van der Waals surface area (Å²) < 4.78 is 12.6. The van der Waals surface area contributed by atoms with Crippen molar-refractivity contribution in [3.63, 3.8) is 0 Å². The van der Waals surface area contributed by atoms with Gasteiger partial charge < -0.3 is 14.8 Å². The third-order valence-electron chi connectivity index (χ3n) is 4.23. The topological polar surface area (TPSA) is 91.6 Å². The summed E-state index contributed by atoms with van der Waals surface area (Å²) in [5.41, 5.74) is -0.0790. The highest BCUT2D eigenvalue weighted by Crippen LogP contribution is 2.29. The monoisotopic (exact) mass is 369 g/mol. The van der Waals surface area contributed by atoms with E-state index in [9.17, 15) is 14.4 Å². The predicted octanol–water partition coefficient (Wildman–Crippen LogP) is 1.36. The number of carbonyl (C=O) groups excluding carboxylic acids is 1. The molecule has 1 amide bonds. The maximum Gasteiger partial charge on any atom is 0.331 e. The molecule has 140 valence electrons. The summed E-state index contributed by atoms with van der Waals surface area (Å²) >= 11 is 0. The molecule has 2 aromatic carbocycles. The number of carbonyl (C=O) groups is 1. The quantitative estimate of drug-likeness (QED) is 0.733. The number of amides is 1. The summed E-state index contributed by atoms with van der Waals surface area (Å²) in [4.78, 5) is 37.5. The summed E-state index contributed by atoms with van der Waals surface area (Å²) in [6.07, 6.45) is 0. The number of aromatic nitrogens is 2. The van der Waals surface area contributed by atoms with Crippen LogP contribution in [0.4, 0.5) is 5.69 Å². The van der Waals surface area contributed by atoms with Gasteiger partial charge in [0.05, 0.1) is 25.1 Å². The van der Waals surface area contributed by atoms with Gasteiger partial charge in [0.25, 0.3) is 5.56 Å². The fourth-order valence-electron chi connectivity index (χ4n) is 2.86. The van der Waals surface area contributed by atoms with Gasteiger partial charge in [-0.05, 0) is 24.3 Å². The van der Waals surface area contributed by atoms with E-state index in [1.54, 1.807) is 49.5 Å². The van der Waals surface area contributed by atoms with E-state index in [1.165, 1.54) is 18.8 Å². The lowest BCUT2D eigenvalue weighted by Crippen LogP contribution is -2.41. The summed E-state index contributed by atoms with van der Waals surface area (Å²) in [6.45, 7) is -0.398. The number of anilines is 1. The number of hydrogen-bond donors (Lipinski definition) is 1. The molecule has 0 saturated carbocycles. The van der Waals surface area contributed by atoms with E-state index in [0.717, 1.165) is 4.57 Å². The third kappa shape index (κ3) is 3.41. The molecule has 0 aliphatic heterocycles. The molecule has 0 bridgehead atoms. The van der Waals surface area contributed by atoms with Crippen LogP contribution in [0.5, 0.6) is 11.5 Å². The van der Waals surface area contributed by atoms with Gasteiger partial charge in [-0.2, -0.15) is 0 Å². The summed E-state index contributed by atoms with van der Waals surface area (Å²) in [7, 11) is 4.56. The van der Waals surface area contributed by atoms with E-state index in [0.29, 0.717) is 28.1 Å². The Balaban J connectivity index is 1.91. The second-order valence-corrected chi connectivity index (χ2v) is 5.87. The highest BCUT2D eigenvalue weighted by atomic mass is 16.5. The molecule has 0 atom stereocenters. The first kappa shape index (κ1) is 18.2. The van der Waals surface area contributed by atoms with E-state index in [4.69, 9.17) is 9.47 Å². The molecule has 0 radical (unpaired) electrons. The number of fused-ring (bicyclic) bond motifs is 1. The molecule has 27 heavy (non-hydrogen) atoms. The van der Waals surface area contributed by atoms with Crippen LogP contribution in [0.25, 0.3) is 10.9 Å². The second kappa shape index (κ2) is 7.36. The van der Waals surface area contributed by atoms with Crippen LogP contribution in [-0.4, -0.2) is 29.3 Å². The minimum Gasteiger partial charge on any atom is -0.493 e. The summed E-state index contributed by atoms with van der Waals surface area (Å²) in [6, 6.07) is 11.7. The number of rotatable bonds is 5. The maximum absolute atomic E-state index is 12.6. The Morgan fingerprint density at radius 2 is 1.74 bits per heavy atom. The van der Waals surface area contributed by atoms with E-state index in [2.05, 4.69) is 5.32 Å². The van der Waals surface area contributed by atoms with E-state index in [1.807, 2.05) is 0 Å². The molecule has 8 nitrogen and oxygen atoms in total. The smallest absolute Gasteiger partial charge is 0.331 e. The minimum absolute atomic E-state index is 0.374. The maximum atomic E-state index is 12.6. The minimum atomic E-state index is -0.554. The van der Waals surface area contributed by atoms with E-state index < -0.39 is 23.7 Å². The zero-order chi connectivity index (χ0) is 19.6. The largest absolute Gasteiger partial charge is 0.493 e. The lowest BCUT2D eigenvalue weighted by atomic mass is 10.2. The molecule has 0 aliphatic carbocycles. The zero-order valence-electron chi connectivity index (χ0n) is 15.2. The van der Waals surface area contributed by atoms with Crippen LogP contribution in [0.3, 0.4) is 0 Å². The Labute approximate surface area is 154 Å². The molecule has 0 aliphatic rings. The van der Waals surface area contributed by atoms with Gasteiger partial charge in [-0.25, -0.2) is 4.79 Å². The van der Waals surface area contributed by atoms with Gasteiger partial charge in [-0.1, -0.05) is 12.1 Å². The Kier molecular flexibility index (Phi) is 4.98. The van der Waals surface area contributed by atoms with Gasteiger partial charge in [0, 0.05) is 18.8 Å². The molecular formula is C19H19N3O5. The van der Waals surface area contributed by atoms with Crippen molar-refractivity contribution < 1.29 is 14.3 Å². The molecule has 0 saturated heterocycles. The molecule has 8 heteroatoms. The van der Waals surface area contributed by atoms with Gasteiger partial charge in [-0.3, -0.25) is 18.7 Å². The van der Waals surface area contributed by atoms with Crippen molar-refractivity contribution in [2.24, 2.45) is 7.05 Å². The summed E-state index contributed by atoms with van der Waals surface area (Å²) in [5, 5.41) is 3.03. The first-order valence-corrected chi connectivity index (χ1v) is 8.16. The third-order valence-corrected chi connectivity index (χ3v) is 4.23. The Morgan fingerprint density at radius 3 is 2.44 bits per heavy atom.